The number of carboxylic acid groups (broad SMARTS) is 1. The summed E-state index contributed by atoms with van der Waals surface area (Å²) >= 11 is 1.27. The van der Waals surface area contributed by atoms with Crippen molar-refractivity contribution in [2.45, 2.75) is 24.3 Å². The zero-order valence-corrected chi connectivity index (χ0v) is 24.1. The number of ether oxygens (including phenoxy) is 1. The molecule has 5 rings (SSSR count). The van der Waals surface area contributed by atoms with Crippen LogP contribution in [-0.2, 0) is 20.5 Å². The molecule has 216 valence electrons. The van der Waals surface area contributed by atoms with E-state index in [0.29, 0.717) is 10.9 Å². The fourth-order valence-corrected chi connectivity index (χ4v) is 5.89. The first-order chi connectivity index (χ1) is 20.9. The molecule has 0 saturated heterocycles. The van der Waals surface area contributed by atoms with Gasteiger partial charge in [-0.05, 0) is 35.7 Å². The monoisotopic (exact) mass is 591 g/mol. The second-order valence-corrected chi connectivity index (χ2v) is 10.9. The van der Waals surface area contributed by atoms with E-state index < -0.39 is 35.0 Å². The predicted molar refractivity (Wildman–Crippen MR) is 166 cm³/mol. The molecule has 0 aliphatic carbocycles. The molecule has 0 aliphatic heterocycles. The molecule has 4 aromatic carbocycles. The summed E-state index contributed by atoms with van der Waals surface area (Å²) < 4.78 is 5.65. The van der Waals surface area contributed by atoms with E-state index in [1.54, 1.807) is 35.7 Å². The van der Waals surface area contributed by atoms with Crippen molar-refractivity contribution in [3.8, 4) is 5.75 Å². The summed E-state index contributed by atoms with van der Waals surface area (Å²) in [5.41, 5.74) is 0.122. The number of rotatable bonds is 11. The van der Waals surface area contributed by atoms with Gasteiger partial charge in [-0.15, -0.1) is 11.3 Å². The van der Waals surface area contributed by atoms with Crippen molar-refractivity contribution in [1.29, 1.82) is 0 Å². The van der Waals surface area contributed by atoms with E-state index in [9.17, 15) is 19.9 Å². The van der Waals surface area contributed by atoms with Gasteiger partial charge < -0.3 is 20.4 Å². The summed E-state index contributed by atoms with van der Waals surface area (Å²) in [6, 6.07) is 38.4. The summed E-state index contributed by atoms with van der Waals surface area (Å²) in [5, 5.41) is 27.9. The molecular weight excluding hydrogens is 562 g/mol. The van der Waals surface area contributed by atoms with Crippen LogP contribution >= 0.6 is 11.3 Å². The Morgan fingerprint density at radius 1 is 0.814 bits per heavy atom. The molecule has 1 unspecified atom stereocenters. The number of benzene rings is 4. The average Bonchev–Trinajstić information content (AvgIpc) is 3.53. The van der Waals surface area contributed by atoms with Gasteiger partial charge in [0.15, 0.2) is 10.8 Å². The van der Waals surface area contributed by atoms with Crippen molar-refractivity contribution < 1.29 is 24.6 Å². The van der Waals surface area contributed by atoms with Crippen LogP contribution in [0.2, 0.25) is 0 Å². The maximum atomic E-state index is 13.7. The number of carbonyl (C=O) groups is 2. The molecular formula is C34H29N3O5S. The second-order valence-electron chi connectivity index (χ2n) is 10.1. The molecule has 9 heteroatoms. The Hall–Kier alpha value is -5.28. The topological polar surface area (TPSA) is 121 Å². The summed E-state index contributed by atoms with van der Waals surface area (Å²) in [6.07, 6.45) is -0.450. The SMILES string of the molecule is CC(CC(=NO)C(=O)O)(C(=O)Oc1ccccc1)c1csc(NC(c2ccccc2)(c2ccccc2)c2ccccc2)n1. The van der Waals surface area contributed by atoms with Gasteiger partial charge in [0.1, 0.15) is 16.7 Å². The lowest BCUT2D eigenvalue weighted by molar-refractivity contribution is -0.140. The molecule has 0 saturated carbocycles. The predicted octanol–water partition coefficient (Wildman–Crippen LogP) is 6.72. The second kappa shape index (κ2) is 12.7. The third-order valence-corrected chi connectivity index (χ3v) is 8.03. The minimum Gasteiger partial charge on any atom is -0.477 e. The zero-order chi connectivity index (χ0) is 30.3. The van der Waals surface area contributed by atoms with E-state index in [-0.39, 0.29) is 5.69 Å². The Kier molecular flexibility index (Phi) is 8.64. The number of anilines is 1. The lowest BCUT2D eigenvalue weighted by Gasteiger charge is -2.36. The molecule has 3 N–H and O–H groups in total. The van der Waals surface area contributed by atoms with Gasteiger partial charge in [-0.1, -0.05) is 114 Å². The zero-order valence-electron chi connectivity index (χ0n) is 23.3. The lowest BCUT2D eigenvalue weighted by Crippen LogP contribution is -2.40. The Bertz CT molecular complexity index is 1610. The molecule has 0 amide bonds. The summed E-state index contributed by atoms with van der Waals surface area (Å²) in [5.74, 6) is -1.90. The molecule has 5 aromatic rings. The normalized spacial score (nSPS) is 13.1. The van der Waals surface area contributed by atoms with Gasteiger partial charge in [-0.3, -0.25) is 4.79 Å². The van der Waals surface area contributed by atoms with Crippen LogP contribution < -0.4 is 10.1 Å². The first kappa shape index (κ1) is 29.2. The fourth-order valence-electron chi connectivity index (χ4n) is 4.99. The van der Waals surface area contributed by atoms with Gasteiger partial charge in [0, 0.05) is 11.8 Å². The van der Waals surface area contributed by atoms with Crippen molar-refractivity contribution in [3.63, 3.8) is 0 Å². The number of hydrogen-bond acceptors (Lipinski definition) is 8. The first-order valence-electron chi connectivity index (χ1n) is 13.5. The van der Waals surface area contributed by atoms with Gasteiger partial charge in [0.2, 0.25) is 0 Å². The van der Waals surface area contributed by atoms with Gasteiger partial charge in [0.25, 0.3) is 0 Å². The largest absolute Gasteiger partial charge is 0.477 e. The Balaban J connectivity index is 1.62. The van der Waals surface area contributed by atoms with E-state index in [1.807, 2.05) is 91.0 Å². The van der Waals surface area contributed by atoms with E-state index >= 15 is 0 Å². The first-order valence-corrected chi connectivity index (χ1v) is 14.4. The Labute approximate surface area is 252 Å². The van der Waals surface area contributed by atoms with Crippen LogP contribution in [0.3, 0.4) is 0 Å². The highest BCUT2D eigenvalue weighted by Gasteiger charge is 2.43. The molecule has 1 atom stereocenters. The van der Waals surface area contributed by atoms with Gasteiger partial charge >= 0.3 is 11.9 Å². The molecule has 1 heterocycles. The minimum absolute atomic E-state index is 0.270. The number of nitrogens with zero attached hydrogens (tertiary/aromatic N) is 2. The van der Waals surface area contributed by atoms with E-state index in [1.165, 1.54) is 18.3 Å². The molecule has 0 fully saturated rings. The molecule has 0 aliphatic rings. The van der Waals surface area contributed by atoms with Gasteiger partial charge in [-0.25, -0.2) is 9.78 Å². The standard InChI is InChI=1S/C34H29N3O5S/c1-33(22-28(37-41)30(38)39,31(40)42-27-20-12-5-13-21-27)29-23-43-32(35-29)36-34(24-14-6-2-7-15-24,25-16-8-3-9-17-25)26-18-10-4-11-19-26/h2-21,23,41H,22H2,1H3,(H,35,36)(H,38,39). The van der Waals surface area contributed by atoms with Crippen molar-refractivity contribution >= 4 is 34.1 Å². The maximum Gasteiger partial charge on any atom is 0.353 e. The minimum atomic E-state index is -1.60. The molecule has 0 spiro atoms. The van der Waals surface area contributed by atoms with Gasteiger partial charge in [0.05, 0.1) is 5.69 Å². The number of aliphatic carboxylic acids is 1. The lowest BCUT2D eigenvalue weighted by atomic mass is 9.77. The maximum absolute atomic E-state index is 13.7. The van der Waals surface area contributed by atoms with Crippen molar-refractivity contribution in [3.05, 3.63) is 149 Å². The number of thiazole rings is 1. The van der Waals surface area contributed by atoms with E-state index in [4.69, 9.17) is 9.72 Å². The number of para-hydroxylation sites is 1. The van der Waals surface area contributed by atoms with Gasteiger partial charge in [-0.2, -0.15) is 0 Å². The molecule has 1 aromatic heterocycles. The van der Waals surface area contributed by atoms with Crippen LogP contribution in [0.25, 0.3) is 0 Å². The highest BCUT2D eigenvalue weighted by Crippen LogP contribution is 2.42. The van der Waals surface area contributed by atoms with E-state index in [2.05, 4.69) is 10.5 Å². The van der Waals surface area contributed by atoms with Crippen LogP contribution in [0.4, 0.5) is 5.13 Å². The quantitative estimate of drug-likeness (QED) is 0.0390. The molecule has 43 heavy (non-hydrogen) atoms. The van der Waals surface area contributed by atoms with Crippen LogP contribution in [0, 0.1) is 0 Å². The van der Waals surface area contributed by atoms with Crippen LogP contribution in [-0.4, -0.2) is 32.9 Å². The van der Waals surface area contributed by atoms with Crippen LogP contribution in [0.1, 0.15) is 35.7 Å². The smallest absolute Gasteiger partial charge is 0.353 e. The molecule has 0 radical (unpaired) electrons. The van der Waals surface area contributed by atoms with Crippen LogP contribution in [0.5, 0.6) is 5.75 Å². The summed E-state index contributed by atoms with van der Waals surface area (Å²) in [7, 11) is 0. The number of carbonyl (C=O) groups excluding carboxylic acids is 1. The number of carboxylic acids is 1. The number of oxime groups is 1. The third kappa shape index (κ3) is 6.02. The Morgan fingerprint density at radius 3 is 1.72 bits per heavy atom. The highest BCUT2D eigenvalue weighted by atomic mass is 32.1. The number of nitrogens with one attached hydrogen (secondary N) is 1. The number of esters is 1. The van der Waals surface area contributed by atoms with Crippen molar-refractivity contribution in [1.82, 2.24) is 4.98 Å². The molecule has 8 nitrogen and oxygen atoms in total. The number of hydrogen-bond donors (Lipinski definition) is 3. The third-order valence-electron chi connectivity index (χ3n) is 7.28. The number of aromatic nitrogens is 1. The van der Waals surface area contributed by atoms with Crippen molar-refractivity contribution in [2.75, 3.05) is 5.32 Å². The van der Waals surface area contributed by atoms with E-state index in [0.717, 1.165) is 16.7 Å². The van der Waals surface area contributed by atoms with Crippen LogP contribution in [0.15, 0.2) is 132 Å². The van der Waals surface area contributed by atoms with Crippen molar-refractivity contribution in [2.24, 2.45) is 5.16 Å². The Morgan fingerprint density at radius 2 is 1.28 bits per heavy atom. The summed E-state index contributed by atoms with van der Waals surface area (Å²) in [4.78, 5) is 30.3. The highest BCUT2D eigenvalue weighted by molar-refractivity contribution is 7.13. The summed E-state index contributed by atoms with van der Waals surface area (Å²) in [6.45, 7) is 1.53. The average molecular weight is 592 g/mol. The fraction of sp³-hybridized carbons (Fsp3) is 0.118. The molecule has 0 bridgehead atoms.